The summed E-state index contributed by atoms with van der Waals surface area (Å²) < 4.78 is 169. The Morgan fingerprint density at radius 1 is 0.553 bits per heavy atom. The van der Waals surface area contributed by atoms with Crippen LogP contribution in [0.2, 0.25) is 0 Å². The van der Waals surface area contributed by atoms with Gasteiger partial charge in [0.2, 0.25) is 0 Å². The van der Waals surface area contributed by atoms with Crippen molar-refractivity contribution in [1.29, 1.82) is 5.26 Å². The van der Waals surface area contributed by atoms with Crippen LogP contribution in [0.5, 0.6) is 0 Å². The minimum atomic E-state index is -7.82. The molecule has 0 heterocycles. The molecule has 0 aromatic rings. The van der Waals surface area contributed by atoms with E-state index in [1.54, 1.807) is 6.07 Å². The van der Waals surface area contributed by atoms with E-state index in [2.05, 4.69) is 6.92 Å². The highest BCUT2D eigenvalue weighted by Crippen LogP contribution is 2.60. The highest BCUT2D eigenvalue weighted by molar-refractivity contribution is 5.10. The third-order valence-electron chi connectivity index (χ3n) is 5.53. The van der Waals surface area contributed by atoms with Crippen molar-refractivity contribution in [2.75, 3.05) is 0 Å². The monoisotopic (exact) mass is 587 g/mol. The SMILES string of the molecule is CC(O)C#N.CCCCCCCCCCCCCCC(F)(F)C(F)(F)C(F)(F)C(F)(F)C(F)(F)C(F)(F)F. The summed E-state index contributed by atoms with van der Waals surface area (Å²) in [7, 11) is 0. The Morgan fingerprint density at radius 2 is 0.842 bits per heavy atom. The summed E-state index contributed by atoms with van der Waals surface area (Å²) in [6.45, 7) is 3.49. The van der Waals surface area contributed by atoms with Gasteiger partial charge in [-0.05, 0) is 13.3 Å². The Morgan fingerprint density at radius 3 is 1.13 bits per heavy atom. The summed E-state index contributed by atoms with van der Waals surface area (Å²) in [5.74, 6) is -36.3. The van der Waals surface area contributed by atoms with Crippen LogP contribution < -0.4 is 0 Å². The smallest absolute Gasteiger partial charge is 0.378 e. The van der Waals surface area contributed by atoms with Crippen LogP contribution in [0.15, 0.2) is 0 Å². The Kier molecular flexibility index (Phi) is 16.2. The first-order valence-corrected chi connectivity index (χ1v) is 12.1. The van der Waals surface area contributed by atoms with Gasteiger partial charge in [-0.1, -0.05) is 77.6 Å². The molecule has 15 heteroatoms. The fourth-order valence-electron chi connectivity index (χ4n) is 3.15. The zero-order valence-electron chi connectivity index (χ0n) is 21.1. The molecule has 0 saturated heterocycles. The molecule has 0 amide bonds. The third-order valence-corrected chi connectivity index (χ3v) is 5.53. The van der Waals surface area contributed by atoms with Crippen molar-refractivity contribution in [3.8, 4) is 6.07 Å². The number of aliphatic hydroxyl groups is 1. The van der Waals surface area contributed by atoms with E-state index in [-0.39, 0.29) is 12.8 Å². The summed E-state index contributed by atoms with van der Waals surface area (Å²) in [6, 6.07) is 1.58. The fraction of sp³-hybridized carbons (Fsp3) is 0.957. The van der Waals surface area contributed by atoms with Crippen LogP contribution in [0.3, 0.4) is 0 Å². The standard InChI is InChI=1S/C20H29F13.C3H5NO/c1-2-3-4-5-6-7-8-9-10-11-12-13-14-15(21,22)16(23,24)17(25,26)18(27,28)19(29,30)20(31,32)33;1-3(5)2-4/h2-14H2,1H3;3,5H,1H3. The van der Waals surface area contributed by atoms with E-state index >= 15 is 0 Å². The van der Waals surface area contributed by atoms with Crippen molar-refractivity contribution in [2.45, 2.75) is 139 Å². The Hall–Kier alpha value is -1.46. The quantitative estimate of drug-likeness (QED) is 0.105. The number of alkyl halides is 13. The van der Waals surface area contributed by atoms with Gasteiger partial charge in [-0.25, -0.2) is 0 Å². The van der Waals surface area contributed by atoms with Crippen LogP contribution in [0.25, 0.3) is 0 Å². The zero-order chi connectivity index (χ0) is 30.5. The molecular weight excluding hydrogens is 553 g/mol. The van der Waals surface area contributed by atoms with E-state index in [0.29, 0.717) is 12.8 Å². The summed E-state index contributed by atoms with van der Waals surface area (Å²) in [4.78, 5) is 0. The van der Waals surface area contributed by atoms with Crippen LogP contribution in [-0.2, 0) is 0 Å². The second-order valence-electron chi connectivity index (χ2n) is 8.94. The van der Waals surface area contributed by atoms with Crippen molar-refractivity contribution in [3.05, 3.63) is 0 Å². The fourth-order valence-corrected chi connectivity index (χ4v) is 3.15. The second kappa shape index (κ2) is 16.0. The summed E-state index contributed by atoms with van der Waals surface area (Å²) in [5.41, 5.74) is 0. The normalized spacial score (nSPS) is 14.5. The molecule has 0 saturated carbocycles. The highest BCUT2D eigenvalue weighted by Gasteiger charge is 2.90. The maximum Gasteiger partial charge on any atom is 0.460 e. The Balaban J connectivity index is 0. The molecule has 1 atom stereocenters. The van der Waals surface area contributed by atoms with E-state index in [0.717, 1.165) is 44.9 Å². The van der Waals surface area contributed by atoms with E-state index in [1.165, 1.54) is 6.92 Å². The van der Waals surface area contributed by atoms with Gasteiger partial charge in [0.15, 0.2) is 0 Å². The predicted molar refractivity (Wildman–Crippen MR) is 114 cm³/mol. The first-order valence-electron chi connectivity index (χ1n) is 12.1. The molecule has 0 aliphatic heterocycles. The van der Waals surface area contributed by atoms with Crippen molar-refractivity contribution < 1.29 is 62.2 Å². The van der Waals surface area contributed by atoms with Crippen molar-refractivity contribution >= 4 is 0 Å². The Labute approximate surface area is 213 Å². The molecule has 0 bridgehead atoms. The van der Waals surface area contributed by atoms with Gasteiger partial charge < -0.3 is 5.11 Å². The number of aliphatic hydroxyl groups excluding tert-OH is 1. The lowest BCUT2D eigenvalue weighted by atomic mass is 9.91. The summed E-state index contributed by atoms with van der Waals surface area (Å²) in [5, 5.41) is 15.6. The van der Waals surface area contributed by atoms with Gasteiger partial charge in [-0.2, -0.15) is 62.3 Å². The average molecular weight is 588 g/mol. The average Bonchev–Trinajstić information content (AvgIpc) is 2.78. The van der Waals surface area contributed by atoms with E-state index in [9.17, 15) is 57.1 Å². The lowest BCUT2D eigenvalue weighted by Crippen LogP contribution is -2.70. The molecule has 0 aliphatic carbocycles. The number of nitrogens with zero attached hydrogens (tertiary/aromatic N) is 1. The minimum absolute atomic E-state index is 0.164. The van der Waals surface area contributed by atoms with Gasteiger partial charge in [0.1, 0.15) is 6.10 Å². The van der Waals surface area contributed by atoms with E-state index < -0.39 is 54.7 Å². The first-order chi connectivity index (χ1) is 17.1. The number of hydrogen-bond donors (Lipinski definition) is 1. The molecule has 0 aliphatic rings. The van der Waals surface area contributed by atoms with E-state index in [1.807, 2.05) is 0 Å². The number of unbranched alkanes of at least 4 members (excludes halogenated alkanes) is 11. The van der Waals surface area contributed by atoms with Crippen LogP contribution in [0.4, 0.5) is 57.1 Å². The number of nitriles is 1. The largest absolute Gasteiger partial charge is 0.460 e. The van der Waals surface area contributed by atoms with Crippen molar-refractivity contribution in [1.82, 2.24) is 0 Å². The number of rotatable bonds is 17. The van der Waals surface area contributed by atoms with Crippen LogP contribution in [0.1, 0.15) is 97.3 Å². The van der Waals surface area contributed by atoms with Gasteiger partial charge in [0.25, 0.3) is 0 Å². The molecular formula is C23H34F13NO. The number of hydrogen-bond acceptors (Lipinski definition) is 2. The second-order valence-corrected chi connectivity index (χ2v) is 8.94. The molecule has 0 radical (unpaired) electrons. The molecule has 38 heavy (non-hydrogen) atoms. The molecule has 2 nitrogen and oxygen atoms in total. The van der Waals surface area contributed by atoms with Crippen molar-refractivity contribution in [3.63, 3.8) is 0 Å². The van der Waals surface area contributed by atoms with Gasteiger partial charge in [-0.3, -0.25) is 0 Å². The maximum atomic E-state index is 13.6. The van der Waals surface area contributed by atoms with Crippen LogP contribution >= 0.6 is 0 Å². The molecule has 0 spiro atoms. The first kappa shape index (κ1) is 38.7. The molecule has 0 rings (SSSR count). The summed E-state index contributed by atoms with van der Waals surface area (Å²) >= 11 is 0. The molecule has 0 aromatic carbocycles. The molecule has 228 valence electrons. The molecule has 1 unspecified atom stereocenters. The lowest BCUT2D eigenvalue weighted by Gasteiger charge is -2.39. The Bertz CT molecular complexity index is 686. The van der Waals surface area contributed by atoms with E-state index in [4.69, 9.17) is 10.4 Å². The van der Waals surface area contributed by atoms with Gasteiger partial charge in [0, 0.05) is 6.42 Å². The molecule has 0 aromatic heterocycles. The molecule has 0 fully saturated rings. The third kappa shape index (κ3) is 10.6. The van der Waals surface area contributed by atoms with Crippen LogP contribution in [-0.4, -0.2) is 47.0 Å². The minimum Gasteiger partial charge on any atom is -0.378 e. The number of halogens is 13. The highest BCUT2D eigenvalue weighted by atomic mass is 19.4. The maximum absolute atomic E-state index is 13.6. The van der Waals surface area contributed by atoms with Crippen LogP contribution in [0, 0.1) is 11.3 Å². The summed E-state index contributed by atoms with van der Waals surface area (Å²) in [6.07, 6.45) is -2.55. The van der Waals surface area contributed by atoms with Gasteiger partial charge in [-0.15, -0.1) is 0 Å². The molecule has 1 N–H and O–H groups in total. The van der Waals surface area contributed by atoms with Crippen molar-refractivity contribution in [2.24, 2.45) is 0 Å². The predicted octanol–water partition coefficient (Wildman–Crippen LogP) is 9.71. The topological polar surface area (TPSA) is 44.0 Å². The lowest BCUT2D eigenvalue weighted by molar-refractivity contribution is -0.440. The van der Waals surface area contributed by atoms with Gasteiger partial charge in [0.05, 0.1) is 6.07 Å². The van der Waals surface area contributed by atoms with Gasteiger partial charge >= 0.3 is 35.8 Å². The zero-order valence-corrected chi connectivity index (χ0v) is 21.1.